The minimum atomic E-state index is -0.468. The van der Waals surface area contributed by atoms with Gasteiger partial charge in [-0.25, -0.2) is 9.18 Å². The maximum Gasteiger partial charge on any atom is 0.332 e. The van der Waals surface area contributed by atoms with Gasteiger partial charge in [-0.1, -0.05) is 18.2 Å². The molecule has 4 aromatic rings. The van der Waals surface area contributed by atoms with Crippen molar-refractivity contribution < 1.29 is 13.9 Å². The van der Waals surface area contributed by atoms with Crippen molar-refractivity contribution in [1.29, 1.82) is 0 Å². The molecule has 0 spiro atoms. The largest absolute Gasteiger partial charge is 0.493 e. The SMILES string of the molecule is COc1ccc(CCNc2nc3c(c(=O)n(C)c(=O)n3C)n2Cc2cccc(F)c2)cc1OC. The van der Waals surface area contributed by atoms with Crippen LogP contribution in [0.15, 0.2) is 52.1 Å². The Morgan fingerprint density at radius 1 is 0.971 bits per heavy atom. The van der Waals surface area contributed by atoms with Crippen LogP contribution in [0, 0.1) is 5.82 Å². The lowest BCUT2D eigenvalue weighted by molar-refractivity contribution is 0.354. The summed E-state index contributed by atoms with van der Waals surface area (Å²) < 4.78 is 28.5. The number of rotatable bonds is 8. The van der Waals surface area contributed by atoms with Gasteiger partial charge < -0.3 is 14.8 Å². The van der Waals surface area contributed by atoms with Gasteiger partial charge in [0.25, 0.3) is 5.56 Å². The standard InChI is InChI=1S/C24H26FN5O4/c1-28-21-20(22(31)29(2)24(28)32)30(14-16-6-5-7-17(25)12-16)23(27-21)26-11-10-15-8-9-18(33-3)19(13-15)34-4/h5-9,12-13H,10-11,14H2,1-4H3,(H,26,27). The van der Waals surface area contributed by atoms with Crippen molar-refractivity contribution in [3.05, 3.63) is 80.2 Å². The molecule has 0 amide bonds. The van der Waals surface area contributed by atoms with Gasteiger partial charge in [0.2, 0.25) is 5.95 Å². The van der Waals surface area contributed by atoms with E-state index in [0.29, 0.717) is 36.0 Å². The van der Waals surface area contributed by atoms with Crippen molar-refractivity contribution in [1.82, 2.24) is 18.7 Å². The average Bonchev–Trinajstić information content (AvgIpc) is 3.19. The molecule has 10 heteroatoms. The van der Waals surface area contributed by atoms with Gasteiger partial charge in [-0.05, 0) is 41.8 Å². The minimum absolute atomic E-state index is 0.209. The van der Waals surface area contributed by atoms with E-state index in [4.69, 9.17) is 9.47 Å². The summed E-state index contributed by atoms with van der Waals surface area (Å²) in [7, 11) is 6.16. The van der Waals surface area contributed by atoms with Crippen LogP contribution in [0.2, 0.25) is 0 Å². The number of methoxy groups -OCH3 is 2. The predicted molar refractivity (Wildman–Crippen MR) is 127 cm³/mol. The molecule has 0 radical (unpaired) electrons. The predicted octanol–water partition coefficient (Wildman–Crippen LogP) is 2.29. The molecule has 4 rings (SSSR count). The summed E-state index contributed by atoms with van der Waals surface area (Å²) >= 11 is 0. The molecule has 0 atom stereocenters. The van der Waals surface area contributed by atoms with Crippen LogP contribution in [0.4, 0.5) is 10.3 Å². The molecule has 0 saturated carbocycles. The fourth-order valence-corrected chi connectivity index (χ4v) is 3.91. The molecule has 2 aromatic heterocycles. The topological polar surface area (TPSA) is 92.3 Å². The molecule has 0 aliphatic rings. The van der Waals surface area contributed by atoms with Crippen molar-refractivity contribution in [2.45, 2.75) is 13.0 Å². The van der Waals surface area contributed by atoms with E-state index in [-0.39, 0.29) is 23.5 Å². The number of aromatic nitrogens is 4. The number of aryl methyl sites for hydroxylation is 1. The Balaban J connectivity index is 1.70. The van der Waals surface area contributed by atoms with E-state index in [9.17, 15) is 14.0 Å². The van der Waals surface area contributed by atoms with E-state index in [0.717, 1.165) is 10.1 Å². The van der Waals surface area contributed by atoms with E-state index in [2.05, 4.69) is 10.3 Å². The van der Waals surface area contributed by atoms with Gasteiger partial charge in [-0.15, -0.1) is 0 Å². The minimum Gasteiger partial charge on any atom is -0.493 e. The molecule has 0 fully saturated rings. The van der Waals surface area contributed by atoms with Crippen molar-refractivity contribution in [2.75, 3.05) is 26.1 Å². The van der Waals surface area contributed by atoms with Gasteiger partial charge >= 0.3 is 5.69 Å². The van der Waals surface area contributed by atoms with Crippen molar-refractivity contribution in [2.24, 2.45) is 14.1 Å². The van der Waals surface area contributed by atoms with Crippen LogP contribution in [-0.4, -0.2) is 39.4 Å². The van der Waals surface area contributed by atoms with Gasteiger partial charge in [0.05, 0.1) is 20.8 Å². The van der Waals surface area contributed by atoms with Crippen LogP contribution in [0.1, 0.15) is 11.1 Å². The maximum atomic E-state index is 13.8. The summed E-state index contributed by atoms with van der Waals surface area (Å²) in [5, 5.41) is 3.27. The highest BCUT2D eigenvalue weighted by Crippen LogP contribution is 2.27. The zero-order chi connectivity index (χ0) is 24.4. The number of hydrogen-bond acceptors (Lipinski definition) is 6. The Labute approximate surface area is 195 Å². The Morgan fingerprint density at radius 3 is 2.44 bits per heavy atom. The lowest BCUT2D eigenvalue weighted by Crippen LogP contribution is -2.37. The van der Waals surface area contributed by atoms with Gasteiger partial charge in [-0.2, -0.15) is 4.98 Å². The molecule has 9 nitrogen and oxygen atoms in total. The molecule has 0 aliphatic heterocycles. The first-order chi connectivity index (χ1) is 16.3. The number of nitrogens with zero attached hydrogens (tertiary/aromatic N) is 4. The van der Waals surface area contributed by atoms with Crippen LogP contribution < -0.4 is 26.0 Å². The Morgan fingerprint density at radius 2 is 1.74 bits per heavy atom. The van der Waals surface area contributed by atoms with Crippen molar-refractivity contribution in [3.8, 4) is 11.5 Å². The van der Waals surface area contributed by atoms with Gasteiger partial charge in [0.15, 0.2) is 22.7 Å². The van der Waals surface area contributed by atoms with Crippen LogP contribution in [-0.2, 0) is 27.1 Å². The molecule has 0 bridgehead atoms. The summed E-state index contributed by atoms with van der Waals surface area (Å²) in [6.45, 7) is 0.705. The first-order valence-corrected chi connectivity index (χ1v) is 10.7. The summed E-state index contributed by atoms with van der Waals surface area (Å²) in [5.74, 6) is 1.33. The quantitative estimate of drug-likeness (QED) is 0.428. The first-order valence-electron chi connectivity index (χ1n) is 10.7. The molecule has 0 aliphatic carbocycles. The number of halogens is 1. The molecule has 2 heterocycles. The first kappa shape index (κ1) is 23.1. The number of ether oxygens (including phenoxy) is 2. The zero-order valence-electron chi connectivity index (χ0n) is 19.5. The molecular weight excluding hydrogens is 441 g/mol. The third kappa shape index (κ3) is 4.26. The van der Waals surface area contributed by atoms with E-state index in [1.54, 1.807) is 38.0 Å². The van der Waals surface area contributed by atoms with Gasteiger partial charge in [0, 0.05) is 20.6 Å². The van der Waals surface area contributed by atoms with E-state index >= 15 is 0 Å². The molecule has 2 aromatic carbocycles. The molecule has 178 valence electrons. The van der Waals surface area contributed by atoms with E-state index < -0.39 is 11.2 Å². The lowest BCUT2D eigenvalue weighted by Gasteiger charge is -2.12. The fourth-order valence-electron chi connectivity index (χ4n) is 3.91. The number of anilines is 1. The van der Waals surface area contributed by atoms with Crippen LogP contribution in [0.5, 0.6) is 11.5 Å². The normalized spacial score (nSPS) is 11.1. The number of fused-ring (bicyclic) bond motifs is 1. The molecule has 0 saturated heterocycles. The lowest BCUT2D eigenvalue weighted by atomic mass is 10.1. The Hall–Kier alpha value is -4.08. The summed E-state index contributed by atoms with van der Waals surface area (Å²) in [5.41, 5.74) is 1.28. The fraction of sp³-hybridized carbons (Fsp3) is 0.292. The number of hydrogen-bond donors (Lipinski definition) is 1. The second-order valence-corrected chi connectivity index (χ2v) is 7.90. The van der Waals surface area contributed by atoms with Crippen molar-refractivity contribution >= 4 is 17.1 Å². The summed E-state index contributed by atoms with van der Waals surface area (Å²) in [4.78, 5) is 30.0. The molecule has 1 N–H and O–H groups in total. The molecule has 34 heavy (non-hydrogen) atoms. The smallest absolute Gasteiger partial charge is 0.332 e. The zero-order valence-corrected chi connectivity index (χ0v) is 19.5. The van der Waals surface area contributed by atoms with Gasteiger partial charge in [-0.3, -0.25) is 18.5 Å². The van der Waals surface area contributed by atoms with Crippen LogP contribution >= 0.6 is 0 Å². The van der Waals surface area contributed by atoms with Gasteiger partial charge in [0.1, 0.15) is 5.82 Å². The number of benzene rings is 2. The Kier molecular flexibility index (Phi) is 6.40. The van der Waals surface area contributed by atoms with E-state index in [1.165, 1.54) is 23.7 Å². The Bertz CT molecular complexity index is 1470. The third-order valence-corrected chi connectivity index (χ3v) is 5.72. The number of imidazole rings is 1. The van der Waals surface area contributed by atoms with E-state index in [1.807, 2.05) is 18.2 Å². The molecular formula is C24H26FN5O4. The summed E-state index contributed by atoms with van der Waals surface area (Å²) in [6, 6.07) is 11.8. The monoisotopic (exact) mass is 467 g/mol. The van der Waals surface area contributed by atoms with Crippen molar-refractivity contribution in [3.63, 3.8) is 0 Å². The average molecular weight is 468 g/mol. The maximum absolute atomic E-state index is 13.8. The highest BCUT2D eigenvalue weighted by molar-refractivity contribution is 5.74. The highest BCUT2D eigenvalue weighted by atomic mass is 19.1. The van der Waals surface area contributed by atoms with Crippen LogP contribution in [0.3, 0.4) is 0 Å². The second-order valence-electron chi connectivity index (χ2n) is 7.90. The molecule has 0 unspecified atom stereocenters. The highest BCUT2D eigenvalue weighted by Gasteiger charge is 2.19. The second kappa shape index (κ2) is 9.42. The van der Waals surface area contributed by atoms with Crippen LogP contribution in [0.25, 0.3) is 11.2 Å². The number of nitrogens with one attached hydrogen (secondary N) is 1. The summed E-state index contributed by atoms with van der Waals surface area (Å²) in [6.07, 6.45) is 0.639. The third-order valence-electron chi connectivity index (χ3n) is 5.72.